The van der Waals surface area contributed by atoms with Crippen molar-refractivity contribution in [1.29, 1.82) is 0 Å². The van der Waals surface area contributed by atoms with Crippen molar-refractivity contribution in [2.45, 2.75) is 110 Å². The van der Waals surface area contributed by atoms with E-state index in [-0.39, 0.29) is 42.3 Å². The first-order valence-electron chi connectivity index (χ1n) is 20.1. The quantitative estimate of drug-likeness (QED) is 0.0928. The van der Waals surface area contributed by atoms with Gasteiger partial charge in [0.15, 0.2) is 11.4 Å². The van der Waals surface area contributed by atoms with E-state index < -0.39 is 35.3 Å². The molecule has 2 aliphatic rings. The number of halogens is 2. The predicted octanol–water partition coefficient (Wildman–Crippen LogP) is 7.70. The number of amides is 2. The summed E-state index contributed by atoms with van der Waals surface area (Å²) >= 11 is 0. The number of carbonyl (C=O) groups excluding carboxylic acids is 3. The Morgan fingerprint density at radius 3 is 2.24 bits per heavy atom. The number of alkyl halides is 2. The molecule has 0 radical (unpaired) electrons. The molecule has 0 bridgehead atoms. The van der Waals surface area contributed by atoms with Crippen molar-refractivity contribution in [3.8, 4) is 11.5 Å². The molecule has 2 fully saturated rings. The molecule has 3 aromatic rings. The molecule has 0 aromatic carbocycles. The second-order valence-electron chi connectivity index (χ2n) is 17.1. The molecular weight excluding hydrogens is 756 g/mol. The third kappa shape index (κ3) is 14.1. The molecule has 0 saturated heterocycles. The van der Waals surface area contributed by atoms with Crippen LogP contribution in [0.4, 0.5) is 25.1 Å². The van der Waals surface area contributed by atoms with Gasteiger partial charge in [-0.25, -0.2) is 23.5 Å². The van der Waals surface area contributed by atoms with Crippen LogP contribution in [-0.4, -0.2) is 107 Å². The van der Waals surface area contributed by atoms with E-state index in [1.165, 1.54) is 17.3 Å². The van der Waals surface area contributed by atoms with E-state index in [1.807, 2.05) is 27.8 Å². The number of hydrogen-bond donors (Lipinski definition) is 1. The number of hydrogen-bond acceptors (Lipinski definition) is 12. The maximum atomic E-state index is 14.2. The lowest BCUT2D eigenvalue weighted by molar-refractivity contribution is -0.156. The molecule has 0 spiro atoms. The van der Waals surface area contributed by atoms with Gasteiger partial charge in [-0.2, -0.15) is 5.10 Å². The summed E-state index contributed by atoms with van der Waals surface area (Å²) < 4.78 is 57.6. The summed E-state index contributed by atoms with van der Waals surface area (Å²) in [5.41, 5.74) is -1.43. The summed E-state index contributed by atoms with van der Waals surface area (Å²) in [6.07, 6.45) is 6.29. The molecule has 3 heterocycles. The Kier molecular flexibility index (Phi) is 15.4. The maximum Gasteiger partial charge on any atom is 0.416 e. The normalized spacial score (nSPS) is 17.4. The molecule has 58 heavy (non-hydrogen) atoms. The van der Waals surface area contributed by atoms with Crippen LogP contribution in [0.5, 0.6) is 0 Å². The summed E-state index contributed by atoms with van der Waals surface area (Å²) in [7, 11) is 2.05. The number of esters is 1. The number of nitrogens with zero attached hydrogens (tertiary/aromatic N) is 6. The Labute approximate surface area is 339 Å². The standard InChI is InChI=1S/C41H59F2N7O8/c1-40(2,3)57-34(51)15-18-54-20-21-55-19-17-48(7)23-27-10-12-30(13-11-27)50-25-31(35(47-50)36(42)43)45-37(52)32-26-56-38(46-32)29-14-16-44-33(22-29)49(24-28-8-9-28)39(53)58-41(4,5)6/h14,16,22,25-28,30,36H,8-13,15,17-21,23-24H2,1-7H3,(H,45,52)/t27-,30-. The van der Waals surface area contributed by atoms with Crippen molar-refractivity contribution in [2.75, 3.05) is 63.3 Å². The Morgan fingerprint density at radius 1 is 0.931 bits per heavy atom. The Hall–Kier alpha value is -4.48. The highest BCUT2D eigenvalue weighted by atomic mass is 19.3. The van der Waals surface area contributed by atoms with Gasteiger partial charge in [0, 0.05) is 37.6 Å². The molecule has 320 valence electrons. The molecule has 0 atom stereocenters. The van der Waals surface area contributed by atoms with Crippen LogP contribution in [0.1, 0.15) is 115 Å². The van der Waals surface area contributed by atoms with Gasteiger partial charge in [-0.15, -0.1) is 0 Å². The number of rotatable bonds is 19. The molecule has 2 saturated carbocycles. The summed E-state index contributed by atoms with van der Waals surface area (Å²) in [4.78, 5) is 50.5. The molecule has 3 aromatic heterocycles. The van der Waals surface area contributed by atoms with E-state index in [1.54, 1.807) is 37.6 Å². The minimum Gasteiger partial charge on any atom is -0.460 e. The Bertz CT molecular complexity index is 1810. The number of likely N-dealkylation sites (N-methyl/N-ethyl adjacent to an activating group) is 1. The zero-order valence-corrected chi connectivity index (χ0v) is 34.8. The SMILES string of the molecule is CN(CCOCCOCCC(=O)OC(C)(C)C)C[C@H]1CC[C@H](n2cc(NC(=O)c3coc(-c4ccnc(N(CC5CC5)C(=O)OC(C)(C)C)c4)n3)c(C(F)F)n2)CC1. The molecule has 0 aliphatic heterocycles. The van der Waals surface area contributed by atoms with Crippen molar-refractivity contribution >= 4 is 29.5 Å². The molecule has 0 unspecified atom stereocenters. The van der Waals surface area contributed by atoms with Crippen LogP contribution in [0.25, 0.3) is 11.5 Å². The van der Waals surface area contributed by atoms with Gasteiger partial charge < -0.3 is 33.6 Å². The van der Waals surface area contributed by atoms with Gasteiger partial charge in [0.05, 0.1) is 44.6 Å². The monoisotopic (exact) mass is 815 g/mol. The van der Waals surface area contributed by atoms with Crippen LogP contribution >= 0.6 is 0 Å². The van der Waals surface area contributed by atoms with E-state index >= 15 is 0 Å². The molecule has 1 N–H and O–H groups in total. The number of aromatic nitrogens is 4. The highest BCUT2D eigenvalue weighted by Crippen LogP contribution is 2.36. The molecular formula is C41H59F2N7O8. The van der Waals surface area contributed by atoms with Crippen molar-refractivity contribution in [2.24, 2.45) is 11.8 Å². The lowest BCUT2D eigenvalue weighted by atomic mass is 9.86. The molecule has 2 aliphatic carbocycles. The maximum absolute atomic E-state index is 14.2. The zero-order chi connectivity index (χ0) is 42.0. The van der Waals surface area contributed by atoms with Gasteiger partial charge in [-0.3, -0.25) is 19.2 Å². The Morgan fingerprint density at radius 2 is 1.59 bits per heavy atom. The molecule has 17 heteroatoms. The van der Waals surface area contributed by atoms with Gasteiger partial charge >= 0.3 is 12.1 Å². The summed E-state index contributed by atoms with van der Waals surface area (Å²) in [5.74, 6) is 0.250. The van der Waals surface area contributed by atoms with Crippen molar-refractivity contribution in [3.63, 3.8) is 0 Å². The average Bonchev–Trinajstić information content (AvgIpc) is 3.64. The van der Waals surface area contributed by atoms with Crippen molar-refractivity contribution < 1.29 is 46.5 Å². The van der Waals surface area contributed by atoms with Gasteiger partial charge in [-0.05, 0) is 111 Å². The minimum absolute atomic E-state index is 0.0805. The van der Waals surface area contributed by atoms with E-state index in [2.05, 4.69) is 25.3 Å². The highest BCUT2D eigenvalue weighted by Gasteiger charge is 2.32. The number of anilines is 2. The fourth-order valence-electron chi connectivity index (χ4n) is 6.60. The zero-order valence-electron chi connectivity index (χ0n) is 34.8. The molecule has 2 amide bonds. The first kappa shape index (κ1) is 44.6. The van der Waals surface area contributed by atoms with E-state index in [0.29, 0.717) is 49.6 Å². The lowest BCUT2D eigenvalue weighted by Crippen LogP contribution is -2.38. The van der Waals surface area contributed by atoms with Gasteiger partial charge in [-0.1, -0.05) is 0 Å². The van der Waals surface area contributed by atoms with Crippen molar-refractivity contribution in [1.82, 2.24) is 24.6 Å². The van der Waals surface area contributed by atoms with Crippen LogP contribution in [0.3, 0.4) is 0 Å². The fourth-order valence-corrected chi connectivity index (χ4v) is 6.60. The average molecular weight is 816 g/mol. The minimum atomic E-state index is -2.90. The van der Waals surface area contributed by atoms with Gasteiger partial charge in [0.1, 0.15) is 23.3 Å². The largest absolute Gasteiger partial charge is 0.460 e. The second kappa shape index (κ2) is 20.0. The van der Waals surface area contributed by atoms with E-state index in [4.69, 9.17) is 23.4 Å². The van der Waals surface area contributed by atoms with Crippen LogP contribution in [0.15, 0.2) is 35.2 Å². The Balaban J connectivity index is 1.08. The summed E-state index contributed by atoms with van der Waals surface area (Å²) in [6.45, 7) is 14.6. The predicted molar refractivity (Wildman–Crippen MR) is 212 cm³/mol. The van der Waals surface area contributed by atoms with Crippen LogP contribution < -0.4 is 10.2 Å². The lowest BCUT2D eigenvalue weighted by Gasteiger charge is -2.31. The van der Waals surface area contributed by atoms with Crippen molar-refractivity contribution in [3.05, 3.63) is 42.2 Å². The number of nitrogens with one attached hydrogen (secondary N) is 1. The van der Waals surface area contributed by atoms with Gasteiger partial charge in [0.2, 0.25) is 5.89 Å². The van der Waals surface area contributed by atoms with Crippen LogP contribution in [0.2, 0.25) is 0 Å². The topological polar surface area (TPSA) is 163 Å². The van der Waals surface area contributed by atoms with Crippen LogP contribution in [-0.2, 0) is 23.7 Å². The smallest absolute Gasteiger partial charge is 0.416 e. The highest BCUT2D eigenvalue weighted by molar-refractivity contribution is 6.03. The summed E-state index contributed by atoms with van der Waals surface area (Å²) in [5, 5.41) is 6.76. The first-order valence-corrected chi connectivity index (χ1v) is 20.1. The number of carbonyl (C=O) groups is 3. The number of oxazole rings is 1. The van der Waals surface area contributed by atoms with E-state index in [9.17, 15) is 23.2 Å². The van der Waals surface area contributed by atoms with Gasteiger partial charge in [0.25, 0.3) is 12.3 Å². The first-order chi connectivity index (χ1) is 27.4. The molecule has 5 rings (SSSR count). The third-order valence-corrected chi connectivity index (χ3v) is 9.59. The third-order valence-electron chi connectivity index (χ3n) is 9.59. The summed E-state index contributed by atoms with van der Waals surface area (Å²) in [6, 6.07) is 3.20. The fraction of sp³-hybridized carbons (Fsp3) is 0.659. The second-order valence-corrected chi connectivity index (χ2v) is 17.1. The molecule has 15 nitrogen and oxygen atoms in total. The number of ether oxygens (including phenoxy) is 4. The number of pyridine rings is 1. The van der Waals surface area contributed by atoms with Crippen LogP contribution in [0, 0.1) is 11.8 Å². The van der Waals surface area contributed by atoms with E-state index in [0.717, 1.165) is 57.9 Å².